The fraction of sp³-hybridized carbons (Fsp3) is 0.625. The van der Waals surface area contributed by atoms with Gasteiger partial charge in [-0.25, -0.2) is 0 Å². The Bertz CT molecular complexity index is 540. The van der Waals surface area contributed by atoms with Gasteiger partial charge >= 0.3 is 0 Å². The molecule has 2 saturated heterocycles. The number of thiophene rings is 1. The summed E-state index contributed by atoms with van der Waals surface area (Å²) in [5.41, 5.74) is 0. The summed E-state index contributed by atoms with van der Waals surface area (Å²) in [7, 11) is 3.57. The van der Waals surface area contributed by atoms with Gasteiger partial charge in [-0.05, 0) is 37.1 Å². The first kappa shape index (κ1) is 18.2. The Kier molecular flexibility index (Phi) is 6.06. The van der Waals surface area contributed by atoms with E-state index >= 15 is 0 Å². The molecular weight excluding hydrogens is 334 g/mol. The maximum absolute atomic E-state index is 12.5. The SMILES string of the molecule is CN(CC(=O)N(C)C1CC2CCC(C1)N2)C(=O)c1cccs1.Cl. The summed E-state index contributed by atoms with van der Waals surface area (Å²) in [6.07, 6.45) is 4.50. The minimum atomic E-state index is -0.0814. The second kappa shape index (κ2) is 7.64. The lowest BCUT2D eigenvalue weighted by atomic mass is 9.98. The fourth-order valence-electron chi connectivity index (χ4n) is 3.52. The molecule has 1 aromatic heterocycles. The predicted molar refractivity (Wildman–Crippen MR) is 94.3 cm³/mol. The first-order chi connectivity index (χ1) is 10.5. The number of likely N-dealkylation sites (N-methyl/N-ethyl adjacent to an activating group) is 2. The smallest absolute Gasteiger partial charge is 0.264 e. The summed E-state index contributed by atoms with van der Waals surface area (Å²) >= 11 is 1.41. The maximum atomic E-state index is 12.5. The minimum Gasteiger partial charge on any atom is -0.341 e. The van der Waals surface area contributed by atoms with E-state index in [1.807, 2.05) is 23.4 Å². The van der Waals surface area contributed by atoms with Crippen LogP contribution in [0.3, 0.4) is 0 Å². The second-order valence-corrected chi connectivity index (χ2v) is 7.35. The summed E-state index contributed by atoms with van der Waals surface area (Å²) in [5.74, 6) is -0.0548. The van der Waals surface area contributed by atoms with Crippen molar-refractivity contribution in [2.45, 2.75) is 43.8 Å². The van der Waals surface area contributed by atoms with Crippen molar-refractivity contribution in [3.63, 3.8) is 0 Å². The molecular formula is C16H24ClN3O2S. The van der Waals surface area contributed by atoms with Crippen LogP contribution in [0.15, 0.2) is 17.5 Å². The third-order valence-electron chi connectivity index (χ3n) is 4.84. The zero-order valence-electron chi connectivity index (χ0n) is 13.5. The summed E-state index contributed by atoms with van der Waals surface area (Å²) in [6.45, 7) is 0.145. The fourth-order valence-corrected chi connectivity index (χ4v) is 4.24. The lowest BCUT2D eigenvalue weighted by Gasteiger charge is -2.36. The topological polar surface area (TPSA) is 52.7 Å². The van der Waals surface area contributed by atoms with Gasteiger partial charge in [-0.2, -0.15) is 0 Å². The third-order valence-corrected chi connectivity index (χ3v) is 5.70. The Hall–Kier alpha value is -1.11. The van der Waals surface area contributed by atoms with Gasteiger partial charge in [0.05, 0.1) is 11.4 Å². The average molecular weight is 358 g/mol. The summed E-state index contributed by atoms with van der Waals surface area (Å²) in [4.78, 5) is 28.7. The highest BCUT2D eigenvalue weighted by molar-refractivity contribution is 7.12. The van der Waals surface area contributed by atoms with E-state index in [1.165, 1.54) is 29.1 Å². The van der Waals surface area contributed by atoms with E-state index in [0.29, 0.717) is 23.0 Å². The van der Waals surface area contributed by atoms with Crippen LogP contribution in [0, 0.1) is 0 Å². The zero-order chi connectivity index (χ0) is 15.7. The van der Waals surface area contributed by atoms with E-state index in [1.54, 1.807) is 13.1 Å². The highest BCUT2D eigenvalue weighted by Gasteiger charge is 2.36. The van der Waals surface area contributed by atoms with Gasteiger partial charge in [0, 0.05) is 32.2 Å². The largest absolute Gasteiger partial charge is 0.341 e. The summed E-state index contributed by atoms with van der Waals surface area (Å²) < 4.78 is 0. The zero-order valence-corrected chi connectivity index (χ0v) is 15.2. The molecule has 23 heavy (non-hydrogen) atoms. The van der Waals surface area contributed by atoms with Gasteiger partial charge in [0.25, 0.3) is 5.91 Å². The molecule has 0 aromatic carbocycles. The normalized spacial score (nSPS) is 25.6. The molecule has 5 nitrogen and oxygen atoms in total. The van der Waals surface area contributed by atoms with Gasteiger partial charge in [0.15, 0.2) is 0 Å². The van der Waals surface area contributed by atoms with Crippen LogP contribution in [0.2, 0.25) is 0 Å². The number of nitrogens with one attached hydrogen (secondary N) is 1. The van der Waals surface area contributed by atoms with E-state index < -0.39 is 0 Å². The van der Waals surface area contributed by atoms with Gasteiger partial charge in [-0.15, -0.1) is 23.7 Å². The lowest BCUT2D eigenvalue weighted by molar-refractivity contribution is -0.133. The molecule has 7 heteroatoms. The number of nitrogens with zero attached hydrogens (tertiary/aromatic N) is 2. The van der Waals surface area contributed by atoms with Gasteiger partial charge < -0.3 is 15.1 Å². The lowest BCUT2D eigenvalue weighted by Crippen LogP contribution is -2.50. The van der Waals surface area contributed by atoms with Crippen molar-refractivity contribution in [2.75, 3.05) is 20.6 Å². The maximum Gasteiger partial charge on any atom is 0.264 e. The predicted octanol–water partition coefficient (Wildman–Crippen LogP) is 1.98. The van der Waals surface area contributed by atoms with Crippen LogP contribution in [0.4, 0.5) is 0 Å². The number of halogens is 1. The van der Waals surface area contributed by atoms with Crippen LogP contribution >= 0.6 is 23.7 Å². The summed E-state index contributed by atoms with van der Waals surface area (Å²) in [5, 5.41) is 5.47. The number of rotatable bonds is 4. The van der Waals surface area contributed by atoms with Crippen LogP contribution in [0.25, 0.3) is 0 Å². The molecule has 0 aliphatic carbocycles. The Labute approximate surface area is 147 Å². The molecule has 2 fully saturated rings. The van der Waals surface area contributed by atoms with E-state index in [2.05, 4.69) is 5.32 Å². The molecule has 2 aliphatic heterocycles. The van der Waals surface area contributed by atoms with Crippen LogP contribution in [-0.2, 0) is 4.79 Å². The van der Waals surface area contributed by atoms with E-state index in [0.717, 1.165) is 12.8 Å². The van der Waals surface area contributed by atoms with Crippen LogP contribution in [-0.4, -0.2) is 60.4 Å². The molecule has 1 aromatic rings. The quantitative estimate of drug-likeness (QED) is 0.896. The van der Waals surface area contributed by atoms with Gasteiger partial charge in [-0.3, -0.25) is 9.59 Å². The first-order valence-electron chi connectivity index (χ1n) is 7.85. The van der Waals surface area contributed by atoms with Crippen molar-refractivity contribution in [3.05, 3.63) is 22.4 Å². The highest BCUT2D eigenvalue weighted by Crippen LogP contribution is 2.29. The molecule has 2 atom stereocenters. The number of hydrogen-bond donors (Lipinski definition) is 1. The van der Waals surface area contributed by atoms with Crippen molar-refractivity contribution in [3.8, 4) is 0 Å². The Morgan fingerprint density at radius 3 is 2.48 bits per heavy atom. The molecule has 0 spiro atoms. The standard InChI is InChI=1S/C16H23N3O2S.ClH/c1-18(16(21)14-4-3-7-22-14)10-15(20)19(2)13-8-11-5-6-12(9-13)17-11;/h3-4,7,11-13,17H,5-6,8-10H2,1-2H3;1H. The number of carbonyl (C=O) groups excluding carboxylic acids is 2. The average Bonchev–Trinajstić information content (AvgIpc) is 3.15. The Balaban J connectivity index is 0.00000192. The molecule has 0 radical (unpaired) electrons. The van der Waals surface area contributed by atoms with Gasteiger partial charge in [0.2, 0.25) is 5.91 Å². The van der Waals surface area contributed by atoms with Gasteiger partial charge in [-0.1, -0.05) is 6.07 Å². The molecule has 2 bridgehead atoms. The third kappa shape index (κ3) is 4.05. The Morgan fingerprint density at radius 2 is 1.91 bits per heavy atom. The van der Waals surface area contributed by atoms with Gasteiger partial charge in [0.1, 0.15) is 0 Å². The number of piperidine rings is 1. The second-order valence-electron chi connectivity index (χ2n) is 6.41. The highest BCUT2D eigenvalue weighted by atomic mass is 35.5. The van der Waals surface area contributed by atoms with Crippen LogP contribution in [0.1, 0.15) is 35.4 Å². The summed E-state index contributed by atoms with van der Waals surface area (Å²) in [6, 6.07) is 5.07. The number of fused-ring (bicyclic) bond motifs is 2. The molecule has 3 heterocycles. The molecule has 0 saturated carbocycles. The molecule has 2 amide bonds. The van der Waals surface area contributed by atoms with Crippen molar-refractivity contribution in [1.29, 1.82) is 0 Å². The van der Waals surface area contributed by atoms with Crippen molar-refractivity contribution in [1.82, 2.24) is 15.1 Å². The number of hydrogen-bond acceptors (Lipinski definition) is 4. The molecule has 3 rings (SSSR count). The molecule has 128 valence electrons. The van der Waals surface area contributed by atoms with E-state index in [4.69, 9.17) is 0 Å². The van der Waals surface area contributed by atoms with Crippen molar-refractivity contribution < 1.29 is 9.59 Å². The van der Waals surface area contributed by atoms with Crippen molar-refractivity contribution >= 4 is 35.6 Å². The van der Waals surface area contributed by atoms with E-state index in [9.17, 15) is 9.59 Å². The monoisotopic (exact) mass is 357 g/mol. The van der Waals surface area contributed by atoms with Crippen LogP contribution in [0.5, 0.6) is 0 Å². The van der Waals surface area contributed by atoms with E-state index in [-0.39, 0.29) is 30.8 Å². The number of amides is 2. The van der Waals surface area contributed by atoms with Crippen LogP contribution < -0.4 is 5.32 Å². The molecule has 1 N–H and O–H groups in total. The Morgan fingerprint density at radius 1 is 1.26 bits per heavy atom. The number of carbonyl (C=O) groups is 2. The minimum absolute atomic E-state index is 0. The van der Waals surface area contributed by atoms with Crippen molar-refractivity contribution in [2.24, 2.45) is 0 Å². The molecule has 2 aliphatic rings. The molecule has 2 unspecified atom stereocenters. The first-order valence-corrected chi connectivity index (χ1v) is 8.73.